The van der Waals surface area contributed by atoms with Crippen LogP contribution >= 0.6 is 0 Å². The van der Waals surface area contributed by atoms with Crippen LogP contribution in [0.3, 0.4) is 0 Å². The highest BCUT2D eigenvalue weighted by Crippen LogP contribution is 2.17. The van der Waals surface area contributed by atoms with E-state index in [0.29, 0.717) is 38.5 Å². The lowest BCUT2D eigenvalue weighted by atomic mass is 10.2. The van der Waals surface area contributed by atoms with E-state index in [-0.39, 0.29) is 11.1 Å². The van der Waals surface area contributed by atoms with Crippen molar-refractivity contribution < 1.29 is 8.42 Å². The molecule has 0 amide bonds. The molecule has 8 heteroatoms. The summed E-state index contributed by atoms with van der Waals surface area (Å²) < 4.78 is 28.2. The lowest BCUT2D eigenvalue weighted by Crippen LogP contribution is -2.52. The normalized spacial score (nSPS) is 20.2. The molecule has 7 nitrogen and oxygen atoms in total. The van der Waals surface area contributed by atoms with Gasteiger partial charge in [0, 0.05) is 52.0 Å². The molecule has 1 saturated heterocycles. The summed E-state index contributed by atoms with van der Waals surface area (Å²) in [5.41, 5.74) is 5.65. The summed E-state index contributed by atoms with van der Waals surface area (Å²) in [6, 6.07) is 0.289. The number of nitrogens with two attached hydrogens (primary N) is 1. The Bertz CT molecular complexity index is 541. The highest BCUT2D eigenvalue weighted by molar-refractivity contribution is 7.89. The Hall–Kier alpha value is -0.960. The first-order valence-electron chi connectivity index (χ1n) is 6.80. The maximum absolute atomic E-state index is 12.5. The van der Waals surface area contributed by atoms with Gasteiger partial charge in [-0.1, -0.05) is 0 Å². The van der Waals surface area contributed by atoms with Crippen LogP contribution < -0.4 is 5.73 Å². The number of sulfonamides is 1. The second kappa shape index (κ2) is 5.80. The van der Waals surface area contributed by atoms with Crippen molar-refractivity contribution >= 4 is 10.0 Å². The van der Waals surface area contributed by atoms with Gasteiger partial charge in [0.2, 0.25) is 0 Å². The number of aryl methyl sites for hydroxylation is 2. The number of nitrogens with zero attached hydrogens (tertiary/aromatic N) is 4. The molecule has 0 radical (unpaired) electrons. The largest absolute Gasteiger partial charge is 0.337 e. The molecule has 1 aliphatic rings. The van der Waals surface area contributed by atoms with Crippen molar-refractivity contribution in [2.75, 3.05) is 32.7 Å². The number of hydrogen-bond donors (Lipinski definition) is 1. The number of piperazine rings is 1. The van der Waals surface area contributed by atoms with Gasteiger partial charge in [-0.2, -0.15) is 4.31 Å². The molecule has 1 aromatic heterocycles. The van der Waals surface area contributed by atoms with Gasteiger partial charge in [-0.3, -0.25) is 4.90 Å². The Morgan fingerprint density at radius 3 is 2.40 bits per heavy atom. The number of imidazole rings is 1. The minimum absolute atomic E-state index is 0.137. The average molecular weight is 301 g/mol. The Kier molecular flexibility index (Phi) is 4.48. The quantitative estimate of drug-likeness (QED) is 0.801. The molecule has 114 valence electrons. The maximum atomic E-state index is 12.5. The highest BCUT2D eigenvalue weighted by atomic mass is 32.2. The highest BCUT2D eigenvalue weighted by Gasteiger charge is 2.31. The van der Waals surface area contributed by atoms with Gasteiger partial charge in [-0.15, -0.1) is 0 Å². The van der Waals surface area contributed by atoms with Gasteiger partial charge in [0.15, 0.2) is 5.03 Å². The van der Waals surface area contributed by atoms with Gasteiger partial charge in [0.25, 0.3) is 10.0 Å². The van der Waals surface area contributed by atoms with E-state index in [1.165, 1.54) is 4.31 Å². The summed E-state index contributed by atoms with van der Waals surface area (Å²) in [6.45, 7) is 6.84. The molecule has 0 spiro atoms. The number of aromatic nitrogens is 2. The van der Waals surface area contributed by atoms with Crippen LogP contribution in [0, 0.1) is 6.92 Å². The van der Waals surface area contributed by atoms with Gasteiger partial charge in [-0.25, -0.2) is 13.4 Å². The molecular weight excluding hydrogens is 278 g/mol. The van der Waals surface area contributed by atoms with Crippen LogP contribution in [-0.2, 0) is 17.1 Å². The lowest BCUT2D eigenvalue weighted by molar-refractivity contribution is 0.148. The van der Waals surface area contributed by atoms with Crippen LogP contribution in [0.2, 0.25) is 0 Å². The summed E-state index contributed by atoms with van der Waals surface area (Å²) in [6.07, 6.45) is 1.57. The molecule has 2 heterocycles. The van der Waals surface area contributed by atoms with Gasteiger partial charge in [0.1, 0.15) is 5.82 Å². The lowest BCUT2D eigenvalue weighted by Gasteiger charge is -2.36. The van der Waals surface area contributed by atoms with Crippen LogP contribution in [0.25, 0.3) is 0 Å². The van der Waals surface area contributed by atoms with Crippen LogP contribution in [0.5, 0.6) is 0 Å². The zero-order valence-corrected chi connectivity index (χ0v) is 13.1. The summed E-state index contributed by atoms with van der Waals surface area (Å²) in [4.78, 5) is 6.35. The van der Waals surface area contributed by atoms with Crippen LogP contribution in [-0.4, -0.2) is 65.9 Å². The molecule has 0 bridgehead atoms. The molecule has 2 rings (SSSR count). The van der Waals surface area contributed by atoms with E-state index in [9.17, 15) is 8.42 Å². The third kappa shape index (κ3) is 2.88. The van der Waals surface area contributed by atoms with Crippen molar-refractivity contribution in [3.63, 3.8) is 0 Å². The summed E-state index contributed by atoms with van der Waals surface area (Å²) in [5.74, 6) is 0.693. The summed E-state index contributed by atoms with van der Waals surface area (Å²) >= 11 is 0. The molecule has 0 aromatic carbocycles. The fourth-order valence-electron chi connectivity index (χ4n) is 2.32. The fourth-order valence-corrected chi connectivity index (χ4v) is 3.76. The zero-order valence-electron chi connectivity index (χ0n) is 12.3. The monoisotopic (exact) mass is 301 g/mol. The van der Waals surface area contributed by atoms with Crippen molar-refractivity contribution in [3.8, 4) is 0 Å². The molecule has 1 unspecified atom stereocenters. The molecule has 1 atom stereocenters. The van der Waals surface area contributed by atoms with Gasteiger partial charge >= 0.3 is 0 Å². The zero-order chi connectivity index (χ0) is 14.9. The van der Waals surface area contributed by atoms with Gasteiger partial charge in [-0.05, 0) is 13.8 Å². The third-order valence-corrected chi connectivity index (χ3v) is 5.70. The molecule has 1 aromatic rings. The smallest absolute Gasteiger partial charge is 0.262 e. The van der Waals surface area contributed by atoms with E-state index < -0.39 is 10.0 Å². The predicted octanol–water partition coefficient (Wildman–Crippen LogP) is -0.618. The summed E-state index contributed by atoms with van der Waals surface area (Å²) in [5, 5.41) is 0.137. The van der Waals surface area contributed by atoms with Crippen molar-refractivity contribution in [3.05, 3.63) is 12.0 Å². The van der Waals surface area contributed by atoms with Crippen molar-refractivity contribution in [1.29, 1.82) is 0 Å². The molecule has 2 N–H and O–H groups in total. The van der Waals surface area contributed by atoms with Gasteiger partial charge in [0.05, 0.1) is 0 Å². The Morgan fingerprint density at radius 2 is 1.95 bits per heavy atom. The predicted molar refractivity (Wildman–Crippen MR) is 76.8 cm³/mol. The van der Waals surface area contributed by atoms with E-state index in [0.717, 1.165) is 0 Å². The third-order valence-electron chi connectivity index (χ3n) is 3.93. The molecule has 0 aliphatic carbocycles. The molecular formula is C12H23N5O2S. The first kappa shape index (κ1) is 15.4. The molecule has 0 saturated carbocycles. The summed E-state index contributed by atoms with van der Waals surface area (Å²) in [7, 11) is -1.68. The van der Waals surface area contributed by atoms with E-state index in [4.69, 9.17) is 5.73 Å². The SMILES string of the molecule is Cc1nc(S(=O)(=O)N2CCN(C(C)CN)CC2)cn1C. The van der Waals surface area contributed by atoms with Crippen molar-refractivity contribution in [2.24, 2.45) is 12.8 Å². The molecule has 20 heavy (non-hydrogen) atoms. The van der Waals surface area contributed by atoms with Crippen LogP contribution in [0.4, 0.5) is 0 Å². The van der Waals surface area contributed by atoms with E-state index in [1.54, 1.807) is 24.7 Å². The minimum atomic E-state index is -3.48. The first-order valence-corrected chi connectivity index (χ1v) is 8.24. The molecule has 1 aliphatic heterocycles. The Labute approximate surface area is 120 Å². The van der Waals surface area contributed by atoms with Crippen molar-refractivity contribution in [2.45, 2.75) is 24.9 Å². The topological polar surface area (TPSA) is 84.5 Å². The Balaban J connectivity index is 2.09. The van der Waals surface area contributed by atoms with Crippen LogP contribution in [0.15, 0.2) is 11.2 Å². The van der Waals surface area contributed by atoms with E-state index in [2.05, 4.69) is 16.8 Å². The second-order valence-electron chi connectivity index (χ2n) is 5.26. The van der Waals surface area contributed by atoms with Gasteiger partial charge < -0.3 is 10.3 Å². The standard InChI is InChI=1S/C12H23N5O2S/c1-10(8-13)16-4-6-17(7-5-16)20(18,19)12-9-15(3)11(2)14-12/h9-10H,4-8,13H2,1-3H3. The maximum Gasteiger partial charge on any atom is 0.262 e. The van der Waals surface area contributed by atoms with Crippen molar-refractivity contribution in [1.82, 2.24) is 18.8 Å². The average Bonchev–Trinajstić information content (AvgIpc) is 2.78. The van der Waals surface area contributed by atoms with E-state index >= 15 is 0 Å². The second-order valence-corrected chi connectivity index (χ2v) is 7.15. The van der Waals surface area contributed by atoms with E-state index in [1.807, 2.05) is 0 Å². The van der Waals surface area contributed by atoms with Crippen LogP contribution in [0.1, 0.15) is 12.7 Å². The number of rotatable bonds is 4. The fraction of sp³-hybridized carbons (Fsp3) is 0.750. The first-order chi connectivity index (χ1) is 9.36. The Morgan fingerprint density at radius 1 is 1.35 bits per heavy atom. The minimum Gasteiger partial charge on any atom is -0.337 e. The number of hydrogen-bond acceptors (Lipinski definition) is 5. The molecule has 1 fully saturated rings.